The molecule has 0 radical (unpaired) electrons. The molecule has 1 atom stereocenters. The predicted molar refractivity (Wildman–Crippen MR) is 102 cm³/mol. The highest BCUT2D eigenvalue weighted by molar-refractivity contribution is 7.10. The molecule has 1 aliphatic heterocycles. The number of anilines is 1. The first-order chi connectivity index (χ1) is 13.1. The minimum absolute atomic E-state index is 0.113. The number of nitrogens with one attached hydrogen (secondary N) is 1. The summed E-state index contributed by atoms with van der Waals surface area (Å²) in [6.07, 6.45) is 1.71. The molecule has 1 fully saturated rings. The van der Waals surface area contributed by atoms with Gasteiger partial charge < -0.3 is 10.2 Å². The summed E-state index contributed by atoms with van der Waals surface area (Å²) in [7, 11) is 0. The molecule has 4 nitrogen and oxygen atoms in total. The van der Waals surface area contributed by atoms with E-state index in [1.54, 1.807) is 29.2 Å². The second kappa shape index (κ2) is 7.44. The van der Waals surface area contributed by atoms with Crippen LogP contribution in [0.15, 0.2) is 53.9 Å². The summed E-state index contributed by atoms with van der Waals surface area (Å²) >= 11 is 1.49. The van der Waals surface area contributed by atoms with Gasteiger partial charge in [-0.25, -0.2) is 18.6 Å². The highest BCUT2D eigenvalue weighted by atomic mass is 32.1. The number of thiazole rings is 1. The van der Waals surface area contributed by atoms with Gasteiger partial charge in [0.1, 0.15) is 16.6 Å². The summed E-state index contributed by atoms with van der Waals surface area (Å²) < 4.78 is 26.4. The van der Waals surface area contributed by atoms with Gasteiger partial charge in [-0.15, -0.1) is 11.3 Å². The summed E-state index contributed by atoms with van der Waals surface area (Å²) in [5.41, 5.74) is 2.04. The van der Waals surface area contributed by atoms with Crippen molar-refractivity contribution >= 4 is 23.1 Å². The van der Waals surface area contributed by atoms with E-state index in [0.717, 1.165) is 29.1 Å². The van der Waals surface area contributed by atoms with E-state index in [-0.39, 0.29) is 17.9 Å². The molecule has 1 aliphatic rings. The molecule has 0 spiro atoms. The Balaban J connectivity index is 1.51. The van der Waals surface area contributed by atoms with Crippen LogP contribution in [0.1, 0.15) is 23.9 Å². The van der Waals surface area contributed by atoms with Crippen LogP contribution in [0.5, 0.6) is 0 Å². The fourth-order valence-electron chi connectivity index (χ4n) is 3.22. The van der Waals surface area contributed by atoms with E-state index in [9.17, 15) is 13.6 Å². The van der Waals surface area contributed by atoms with Gasteiger partial charge in [-0.05, 0) is 55.3 Å². The average molecular weight is 385 g/mol. The van der Waals surface area contributed by atoms with E-state index >= 15 is 0 Å². The van der Waals surface area contributed by atoms with Gasteiger partial charge in [0, 0.05) is 23.2 Å². The summed E-state index contributed by atoms with van der Waals surface area (Å²) in [6.45, 7) is 0.622. The van der Waals surface area contributed by atoms with Crippen LogP contribution in [0.2, 0.25) is 0 Å². The number of likely N-dealkylation sites (tertiary alicyclic amines) is 1. The van der Waals surface area contributed by atoms with E-state index in [4.69, 9.17) is 0 Å². The van der Waals surface area contributed by atoms with Gasteiger partial charge in [0.25, 0.3) is 0 Å². The third-order valence-electron chi connectivity index (χ3n) is 4.54. The molecule has 27 heavy (non-hydrogen) atoms. The molecule has 2 aromatic carbocycles. The van der Waals surface area contributed by atoms with Crippen molar-refractivity contribution in [3.63, 3.8) is 0 Å². The number of urea groups is 1. The van der Waals surface area contributed by atoms with Crippen LogP contribution in [0.25, 0.3) is 11.3 Å². The maximum atomic E-state index is 13.3. The lowest BCUT2D eigenvalue weighted by Crippen LogP contribution is -2.34. The van der Waals surface area contributed by atoms with Crippen molar-refractivity contribution < 1.29 is 13.6 Å². The van der Waals surface area contributed by atoms with Crippen LogP contribution in [-0.2, 0) is 0 Å². The first-order valence-electron chi connectivity index (χ1n) is 8.65. The SMILES string of the molecule is O=C(Nc1cccc(F)c1)N1CCC[C@H]1c1nc(-c2ccc(F)cc2)cs1. The fraction of sp³-hybridized carbons (Fsp3) is 0.200. The molecule has 0 unspecified atom stereocenters. The molecule has 4 rings (SSSR count). The number of aromatic nitrogens is 1. The Morgan fingerprint density at radius 1 is 1.15 bits per heavy atom. The molecule has 7 heteroatoms. The number of hydrogen-bond donors (Lipinski definition) is 1. The Bertz CT molecular complexity index is 958. The topological polar surface area (TPSA) is 45.2 Å². The van der Waals surface area contributed by atoms with Gasteiger partial charge in [-0.3, -0.25) is 0 Å². The monoisotopic (exact) mass is 385 g/mol. The van der Waals surface area contributed by atoms with Crippen molar-refractivity contribution in [2.24, 2.45) is 0 Å². The number of carbonyl (C=O) groups is 1. The predicted octanol–water partition coefficient (Wildman–Crippen LogP) is 5.46. The first-order valence-corrected chi connectivity index (χ1v) is 9.53. The number of benzene rings is 2. The van der Waals surface area contributed by atoms with Crippen molar-refractivity contribution in [3.05, 3.63) is 70.6 Å². The second-order valence-electron chi connectivity index (χ2n) is 6.37. The number of halogens is 2. The number of hydrogen-bond acceptors (Lipinski definition) is 3. The van der Waals surface area contributed by atoms with Crippen molar-refractivity contribution in [3.8, 4) is 11.3 Å². The van der Waals surface area contributed by atoms with Crippen LogP contribution in [0, 0.1) is 11.6 Å². The smallest absolute Gasteiger partial charge is 0.315 e. The number of rotatable bonds is 3. The lowest BCUT2D eigenvalue weighted by atomic mass is 10.2. The van der Waals surface area contributed by atoms with Crippen LogP contribution in [0.3, 0.4) is 0 Å². The van der Waals surface area contributed by atoms with Gasteiger partial charge in [0.05, 0.1) is 11.7 Å². The second-order valence-corrected chi connectivity index (χ2v) is 7.26. The average Bonchev–Trinajstić information content (AvgIpc) is 3.31. The highest BCUT2D eigenvalue weighted by Gasteiger charge is 2.32. The molecule has 1 N–H and O–H groups in total. The van der Waals surface area contributed by atoms with E-state index < -0.39 is 5.82 Å². The third kappa shape index (κ3) is 3.83. The number of carbonyl (C=O) groups excluding carboxylic acids is 1. The van der Waals surface area contributed by atoms with Crippen LogP contribution >= 0.6 is 11.3 Å². The standard InChI is InChI=1S/C20H17F2N3OS/c21-14-8-6-13(7-9-14)17-12-27-19(24-17)18-5-2-10-25(18)20(26)23-16-4-1-3-15(22)11-16/h1,3-4,6-9,11-12,18H,2,5,10H2,(H,23,26)/t18-/m0/s1. The van der Waals surface area contributed by atoms with E-state index in [2.05, 4.69) is 10.3 Å². The summed E-state index contributed by atoms with van der Waals surface area (Å²) in [6, 6.07) is 11.7. The lowest BCUT2D eigenvalue weighted by Gasteiger charge is -2.23. The maximum absolute atomic E-state index is 13.3. The van der Waals surface area contributed by atoms with Crippen molar-refractivity contribution in [2.75, 3.05) is 11.9 Å². The Labute approximate surface area is 159 Å². The van der Waals surface area contributed by atoms with Crippen molar-refractivity contribution in [1.29, 1.82) is 0 Å². The molecule has 1 aromatic heterocycles. The van der Waals surface area contributed by atoms with E-state index in [0.29, 0.717) is 12.2 Å². The van der Waals surface area contributed by atoms with Crippen LogP contribution in [-0.4, -0.2) is 22.5 Å². The van der Waals surface area contributed by atoms with E-state index in [1.165, 1.54) is 35.6 Å². The van der Waals surface area contributed by atoms with E-state index in [1.807, 2.05) is 5.38 Å². The Hall–Kier alpha value is -2.80. The number of nitrogens with zero attached hydrogens (tertiary/aromatic N) is 2. The largest absolute Gasteiger partial charge is 0.322 e. The zero-order chi connectivity index (χ0) is 18.8. The van der Waals surface area contributed by atoms with Gasteiger partial charge in [0.15, 0.2) is 0 Å². The molecular formula is C20H17F2N3OS. The fourth-order valence-corrected chi connectivity index (χ4v) is 4.20. The maximum Gasteiger partial charge on any atom is 0.322 e. The molecular weight excluding hydrogens is 368 g/mol. The Kier molecular flexibility index (Phi) is 4.85. The highest BCUT2D eigenvalue weighted by Crippen LogP contribution is 2.36. The Morgan fingerprint density at radius 2 is 1.96 bits per heavy atom. The van der Waals surface area contributed by atoms with Gasteiger partial charge >= 0.3 is 6.03 Å². The lowest BCUT2D eigenvalue weighted by molar-refractivity contribution is 0.207. The van der Waals surface area contributed by atoms with Gasteiger partial charge in [0.2, 0.25) is 0 Å². The molecule has 0 aliphatic carbocycles. The zero-order valence-electron chi connectivity index (χ0n) is 14.4. The van der Waals surface area contributed by atoms with Crippen LogP contribution in [0.4, 0.5) is 19.3 Å². The molecule has 0 bridgehead atoms. The van der Waals surface area contributed by atoms with Gasteiger partial charge in [-0.1, -0.05) is 6.07 Å². The van der Waals surface area contributed by atoms with Crippen LogP contribution < -0.4 is 5.32 Å². The number of amides is 2. The summed E-state index contributed by atoms with van der Waals surface area (Å²) in [5.74, 6) is -0.681. The molecule has 0 saturated carbocycles. The third-order valence-corrected chi connectivity index (χ3v) is 5.48. The normalized spacial score (nSPS) is 16.5. The summed E-state index contributed by atoms with van der Waals surface area (Å²) in [4.78, 5) is 19.0. The molecule has 138 valence electrons. The Morgan fingerprint density at radius 3 is 2.74 bits per heavy atom. The van der Waals surface area contributed by atoms with Crippen molar-refractivity contribution in [1.82, 2.24) is 9.88 Å². The zero-order valence-corrected chi connectivity index (χ0v) is 15.2. The molecule has 1 saturated heterocycles. The molecule has 2 amide bonds. The van der Waals surface area contributed by atoms with Crippen molar-refractivity contribution in [2.45, 2.75) is 18.9 Å². The molecule has 2 heterocycles. The van der Waals surface area contributed by atoms with Gasteiger partial charge in [-0.2, -0.15) is 0 Å². The minimum Gasteiger partial charge on any atom is -0.315 e. The summed E-state index contributed by atoms with van der Waals surface area (Å²) in [5, 5.41) is 5.52. The molecule has 3 aromatic rings. The minimum atomic E-state index is -0.394. The quantitative estimate of drug-likeness (QED) is 0.651. The first kappa shape index (κ1) is 17.6.